The number of nitrogens with zero attached hydrogens (tertiary/aromatic N) is 2. The van der Waals surface area contributed by atoms with Gasteiger partial charge in [-0.25, -0.2) is 0 Å². The minimum Gasteiger partial charge on any atom is -0.256 e. The largest absolute Gasteiger partial charge is 0.256 e. The molecule has 2 nitrogen and oxygen atoms in total. The number of benzene rings is 2. The summed E-state index contributed by atoms with van der Waals surface area (Å²) in [6, 6.07) is 34.3. The van der Waals surface area contributed by atoms with Crippen LogP contribution in [0, 0.1) is 0 Å². The summed E-state index contributed by atoms with van der Waals surface area (Å²) in [5.74, 6) is 0. The Balaban J connectivity index is 1.16. The predicted molar refractivity (Wildman–Crippen MR) is 152 cm³/mol. The van der Waals surface area contributed by atoms with Crippen molar-refractivity contribution in [2.24, 2.45) is 0 Å². The molecule has 5 aromatic heterocycles. The lowest BCUT2D eigenvalue weighted by molar-refractivity contribution is 1.42. The van der Waals surface area contributed by atoms with Crippen LogP contribution in [0.2, 0.25) is 0 Å². The number of hydrogen-bond acceptors (Lipinski definition) is 5. The fourth-order valence-corrected chi connectivity index (χ4v) is 7.43. The molecule has 0 aliphatic heterocycles. The molecule has 0 spiro atoms. The molecule has 166 valence electrons. The SMILES string of the molecule is c1ccc2ncc(-c3ccc(-c4ccc(-c5ccc(-c6cnc7ccccc7c6)s5)s4)s3)cc2c1. The summed E-state index contributed by atoms with van der Waals surface area (Å²) in [5, 5.41) is 2.35. The van der Waals surface area contributed by atoms with E-state index in [9.17, 15) is 0 Å². The summed E-state index contributed by atoms with van der Waals surface area (Å²) in [4.78, 5) is 16.9. The second-order valence-electron chi connectivity index (χ2n) is 8.33. The molecule has 5 heteroatoms. The van der Waals surface area contributed by atoms with E-state index in [1.807, 2.05) is 58.5 Å². The molecule has 0 saturated carbocycles. The molecule has 0 atom stereocenters. The highest BCUT2D eigenvalue weighted by Gasteiger charge is 2.12. The first kappa shape index (κ1) is 20.7. The summed E-state index contributed by atoms with van der Waals surface area (Å²) in [6.07, 6.45) is 3.96. The Bertz CT molecular complexity index is 1690. The van der Waals surface area contributed by atoms with Gasteiger partial charge in [-0.15, -0.1) is 34.0 Å². The maximum absolute atomic E-state index is 4.63. The molecule has 7 aromatic rings. The van der Waals surface area contributed by atoms with E-state index < -0.39 is 0 Å². The molecular formula is C30H18N2S3. The fourth-order valence-electron chi connectivity index (χ4n) is 4.27. The summed E-state index contributed by atoms with van der Waals surface area (Å²) in [6.45, 7) is 0. The van der Waals surface area contributed by atoms with Crippen molar-refractivity contribution in [2.45, 2.75) is 0 Å². The third-order valence-electron chi connectivity index (χ3n) is 6.05. The van der Waals surface area contributed by atoms with Crippen LogP contribution in [0.3, 0.4) is 0 Å². The topological polar surface area (TPSA) is 25.8 Å². The van der Waals surface area contributed by atoms with Gasteiger partial charge in [0.2, 0.25) is 0 Å². The van der Waals surface area contributed by atoms with Gasteiger partial charge < -0.3 is 0 Å². The van der Waals surface area contributed by atoms with Gasteiger partial charge in [0.1, 0.15) is 0 Å². The van der Waals surface area contributed by atoms with Gasteiger partial charge in [-0.2, -0.15) is 0 Å². The number of fused-ring (bicyclic) bond motifs is 2. The Morgan fingerprint density at radius 2 is 0.771 bits per heavy atom. The molecule has 5 heterocycles. The number of rotatable bonds is 4. The Morgan fingerprint density at radius 1 is 0.400 bits per heavy atom. The standard InChI is InChI=1S/C30H18N2S3/c1-3-7-23-19(5-1)15-21(17-31-23)25-9-11-27(33-25)29-13-14-30(35-29)28-12-10-26(34-28)22-16-20-6-2-4-8-24(20)32-18-22/h1-18H. The lowest BCUT2D eigenvalue weighted by Gasteiger charge is -2.00. The summed E-state index contributed by atoms with van der Waals surface area (Å²) in [7, 11) is 0. The smallest absolute Gasteiger partial charge is 0.0702 e. The Labute approximate surface area is 214 Å². The Morgan fingerprint density at radius 3 is 1.23 bits per heavy atom. The van der Waals surface area contributed by atoms with Gasteiger partial charge in [-0.3, -0.25) is 9.97 Å². The monoisotopic (exact) mass is 502 g/mol. The first-order valence-corrected chi connectivity index (χ1v) is 13.8. The maximum atomic E-state index is 4.63. The van der Waals surface area contributed by atoms with Gasteiger partial charge in [-0.1, -0.05) is 36.4 Å². The van der Waals surface area contributed by atoms with E-state index in [0.29, 0.717) is 0 Å². The van der Waals surface area contributed by atoms with E-state index in [4.69, 9.17) is 0 Å². The van der Waals surface area contributed by atoms with Crippen LogP contribution in [0.4, 0.5) is 0 Å². The third-order valence-corrected chi connectivity index (χ3v) is 9.80. The van der Waals surface area contributed by atoms with E-state index in [1.165, 1.54) is 51.2 Å². The third kappa shape index (κ3) is 3.88. The molecule has 7 rings (SSSR count). The lowest BCUT2D eigenvalue weighted by Crippen LogP contribution is -1.79. The summed E-state index contributed by atoms with van der Waals surface area (Å²) in [5.41, 5.74) is 4.41. The minimum absolute atomic E-state index is 1.03. The fraction of sp³-hybridized carbons (Fsp3) is 0. The van der Waals surface area contributed by atoms with Gasteiger partial charge >= 0.3 is 0 Å². The molecule has 0 aliphatic rings. The van der Waals surface area contributed by atoms with Crippen molar-refractivity contribution in [2.75, 3.05) is 0 Å². The summed E-state index contributed by atoms with van der Waals surface area (Å²) >= 11 is 5.50. The summed E-state index contributed by atoms with van der Waals surface area (Å²) < 4.78 is 0. The molecule has 0 N–H and O–H groups in total. The number of pyridine rings is 2. The van der Waals surface area contributed by atoms with Crippen LogP contribution in [-0.2, 0) is 0 Å². The van der Waals surface area contributed by atoms with Gasteiger partial charge in [0.25, 0.3) is 0 Å². The van der Waals surface area contributed by atoms with Gasteiger partial charge in [0, 0.05) is 63.6 Å². The quantitative estimate of drug-likeness (QED) is 0.239. The normalized spacial score (nSPS) is 11.4. The first-order chi connectivity index (χ1) is 17.3. The predicted octanol–water partition coefficient (Wildman–Crippen LogP) is 9.64. The average molecular weight is 503 g/mol. The van der Waals surface area contributed by atoms with Crippen molar-refractivity contribution in [1.82, 2.24) is 9.97 Å². The van der Waals surface area contributed by atoms with Crippen LogP contribution < -0.4 is 0 Å². The highest BCUT2D eigenvalue weighted by atomic mass is 32.1. The zero-order valence-corrected chi connectivity index (χ0v) is 21.0. The van der Waals surface area contributed by atoms with Crippen LogP contribution in [0.1, 0.15) is 0 Å². The van der Waals surface area contributed by atoms with Crippen molar-refractivity contribution in [1.29, 1.82) is 0 Å². The minimum atomic E-state index is 1.03. The molecule has 35 heavy (non-hydrogen) atoms. The number of thiophene rings is 3. The van der Waals surface area contributed by atoms with Crippen molar-refractivity contribution in [3.63, 3.8) is 0 Å². The van der Waals surface area contributed by atoms with Gasteiger partial charge in [-0.05, 0) is 60.7 Å². The molecular weight excluding hydrogens is 485 g/mol. The second-order valence-corrected chi connectivity index (χ2v) is 11.6. The zero-order chi connectivity index (χ0) is 23.2. The van der Waals surface area contributed by atoms with E-state index in [-0.39, 0.29) is 0 Å². The molecule has 0 unspecified atom stereocenters. The first-order valence-electron chi connectivity index (χ1n) is 11.3. The van der Waals surface area contributed by atoms with Crippen LogP contribution in [0.25, 0.3) is 62.2 Å². The second kappa shape index (κ2) is 8.54. The van der Waals surface area contributed by atoms with E-state index in [1.54, 1.807) is 0 Å². The molecule has 0 amide bonds. The van der Waals surface area contributed by atoms with Crippen LogP contribution in [0.5, 0.6) is 0 Å². The molecule has 0 bridgehead atoms. The van der Waals surface area contributed by atoms with Crippen LogP contribution in [-0.4, -0.2) is 9.97 Å². The highest BCUT2D eigenvalue weighted by molar-refractivity contribution is 7.27. The van der Waals surface area contributed by atoms with Crippen LogP contribution in [0.15, 0.2) is 109 Å². The Hall–Kier alpha value is -3.64. The molecule has 0 aliphatic carbocycles. The van der Waals surface area contributed by atoms with Gasteiger partial charge in [0.05, 0.1) is 11.0 Å². The van der Waals surface area contributed by atoms with Crippen molar-refractivity contribution < 1.29 is 0 Å². The molecule has 0 fully saturated rings. The lowest BCUT2D eigenvalue weighted by atomic mass is 10.1. The van der Waals surface area contributed by atoms with Crippen molar-refractivity contribution in [3.05, 3.63) is 109 Å². The van der Waals surface area contributed by atoms with E-state index >= 15 is 0 Å². The van der Waals surface area contributed by atoms with E-state index in [0.717, 1.165) is 11.0 Å². The maximum Gasteiger partial charge on any atom is 0.0702 e. The molecule has 0 saturated heterocycles. The molecule has 0 radical (unpaired) electrons. The van der Waals surface area contributed by atoms with Gasteiger partial charge in [0.15, 0.2) is 0 Å². The molecule has 2 aromatic carbocycles. The number of para-hydroxylation sites is 2. The number of hydrogen-bond donors (Lipinski definition) is 0. The zero-order valence-electron chi connectivity index (χ0n) is 18.5. The van der Waals surface area contributed by atoms with E-state index in [2.05, 4.69) is 94.9 Å². The van der Waals surface area contributed by atoms with Crippen LogP contribution >= 0.6 is 34.0 Å². The highest BCUT2D eigenvalue weighted by Crippen LogP contribution is 2.43. The Kier molecular flexibility index (Phi) is 5.05. The number of aromatic nitrogens is 2. The van der Waals surface area contributed by atoms with Crippen molar-refractivity contribution in [3.8, 4) is 40.4 Å². The average Bonchev–Trinajstić information content (AvgIpc) is 3.68. The van der Waals surface area contributed by atoms with Crippen molar-refractivity contribution >= 4 is 55.8 Å².